The predicted octanol–water partition coefficient (Wildman–Crippen LogP) is 3.97. The maximum Gasteiger partial charge on any atom is 0.311 e. The number of hydrogen-bond acceptors (Lipinski definition) is 5. The highest BCUT2D eigenvalue weighted by atomic mass is 32.2. The number of nitro groups is 1. The molecule has 144 valence electrons. The van der Waals surface area contributed by atoms with E-state index >= 15 is 0 Å². The van der Waals surface area contributed by atoms with Crippen LogP contribution in [-0.4, -0.2) is 29.7 Å². The molecular formula is C20H24N2O4S. The van der Waals surface area contributed by atoms with Gasteiger partial charge in [0.05, 0.1) is 17.8 Å². The molecule has 2 aromatic rings. The molecule has 0 aliphatic rings. The van der Waals surface area contributed by atoms with E-state index in [1.54, 1.807) is 12.1 Å². The molecule has 27 heavy (non-hydrogen) atoms. The first-order chi connectivity index (χ1) is 13.0. The zero-order chi connectivity index (χ0) is 19.6. The first-order valence-corrected chi connectivity index (χ1v) is 9.87. The minimum absolute atomic E-state index is 0.0245. The number of aryl methyl sites for hydroxylation is 1. The van der Waals surface area contributed by atoms with Crippen molar-refractivity contribution in [1.29, 1.82) is 0 Å². The molecule has 0 heterocycles. The van der Waals surface area contributed by atoms with Crippen LogP contribution in [0.2, 0.25) is 0 Å². The summed E-state index contributed by atoms with van der Waals surface area (Å²) in [7, 11) is 1.40. The second-order valence-electron chi connectivity index (χ2n) is 6.25. The smallest absolute Gasteiger partial charge is 0.311 e. The number of rotatable bonds is 10. The Morgan fingerprint density at radius 1 is 1.22 bits per heavy atom. The number of nitrogens with one attached hydrogen (secondary N) is 1. The Labute approximate surface area is 163 Å². The molecule has 6 nitrogen and oxygen atoms in total. The van der Waals surface area contributed by atoms with Gasteiger partial charge in [-0.15, -0.1) is 11.8 Å². The fraction of sp³-hybridized carbons (Fsp3) is 0.350. The summed E-state index contributed by atoms with van der Waals surface area (Å²) in [6, 6.07) is 15.1. The van der Waals surface area contributed by atoms with E-state index in [1.807, 2.05) is 25.1 Å². The summed E-state index contributed by atoms with van der Waals surface area (Å²) < 4.78 is 4.99. The van der Waals surface area contributed by atoms with Gasteiger partial charge in [0.2, 0.25) is 5.91 Å². The number of benzene rings is 2. The van der Waals surface area contributed by atoms with Crippen molar-refractivity contribution >= 4 is 23.4 Å². The van der Waals surface area contributed by atoms with Crippen LogP contribution in [0.15, 0.2) is 48.5 Å². The summed E-state index contributed by atoms with van der Waals surface area (Å²) in [6.45, 7) is 2.00. The van der Waals surface area contributed by atoms with E-state index in [4.69, 9.17) is 4.74 Å². The van der Waals surface area contributed by atoms with E-state index < -0.39 is 4.92 Å². The van der Waals surface area contributed by atoms with Crippen molar-refractivity contribution in [2.24, 2.45) is 0 Å². The van der Waals surface area contributed by atoms with E-state index in [0.29, 0.717) is 11.5 Å². The van der Waals surface area contributed by atoms with Crippen LogP contribution in [0.25, 0.3) is 0 Å². The third-order valence-corrected chi connectivity index (χ3v) is 5.06. The number of carbonyl (C=O) groups excluding carboxylic acids is 1. The monoisotopic (exact) mass is 388 g/mol. The topological polar surface area (TPSA) is 81.5 Å². The second-order valence-corrected chi connectivity index (χ2v) is 7.23. The zero-order valence-electron chi connectivity index (χ0n) is 15.5. The molecule has 0 radical (unpaired) electrons. The van der Waals surface area contributed by atoms with E-state index in [1.165, 1.54) is 30.5 Å². The van der Waals surface area contributed by atoms with E-state index in [9.17, 15) is 14.9 Å². The van der Waals surface area contributed by atoms with Crippen LogP contribution in [0.3, 0.4) is 0 Å². The molecule has 0 saturated carbocycles. The molecule has 0 bridgehead atoms. The SMILES string of the molecule is COc1ccc(CSCC(=O)NC(C)CCc2ccccc2)cc1[N+](=O)[O-]. The summed E-state index contributed by atoms with van der Waals surface area (Å²) in [5.74, 6) is 1.05. The first-order valence-electron chi connectivity index (χ1n) is 8.72. The molecule has 0 aliphatic carbocycles. The van der Waals surface area contributed by atoms with Gasteiger partial charge in [0.15, 0.2) is 5.75 Å². The minimum Gasteiger partial charge on any atom is -0.490 e. The van der Waals surface area contributed by atoms with E-state index in [0.717, 1.165) is 18.4 Å². The Hall–Kier alpha value is -2.54. The van der Waals surface area contributed by atoms with Crippen LogP contribution in [0.4, 0.5) is 5.69 Å². The van der Waals surface area contributed by atoms with Gasteiger partial charge in [-0.1, -0.05) is 36.4 Å². The largest absolute Gasteiger partial charge is 0.490 e. The molecule has 2 aromatic carbocycles. The van der Waals surface area contributed by atoms with Crippen molar-refractivity contribution in [3.05, 3.63) is 69.8 Å². The van der Waals surface area contributed by atoms with Gasteiger partial charge in [0.25, 0.3) is 0 Å². The molecule has 1 atom stereocenters. The number of carbonyl (C=O) groups is 1. The van der Waals surface area contributed by atoms with Crippen LogP contribution in [-0.2, 0) is 17.0 Å². The molecular weight excluding hydrogens is 364 g/mol. The van der Waals surface area contributed by atoms with Crippen molar-refractivity contribution in [1.82, 2.24) is 5.32 Å². The second kappa shape index (κ2) is 10.6. The van der Waals surface area contributed by atoms with E-state index in [-0.39, 0.29) is 23.4 Å². The number of ether oxygens (including phenoxy) is 1. The third-order valence-electron chi connectivity index (χ3n) is 4.06. The standard InChI is InChI=1S/C20H24N2O4S/c1-15(8-9-16-6-4-3-5-7-16)21-20(23)14-27-13-17-10-11-19(26-2)18(12-17)22(24)25/h3-7,10-12,15H,8-9,13-14H2,1-2H3,(H,21,23). The minimum atomic E-state index is -0.464. The average molecular weight is 388 g/mol. The number of nitrogens with zero attached hydrogens (tertiary/aromatic N) is 1. The molecule has 7 heteroatoms. The maximum absolute atomic E-state index is 12.1. The van der Waals surface area contributed by atoms with Crippen LogP contribution in [0, 0.1) is 10.1 Å². The number of nitro benzene ring substituents is 1. The van der Waals surface area contributed by atoms with Gasteiger partial charge >= 0.3 is 5.69 Å². The van der Waals surface area contributed by atoms with Crippen molar-refractivity contribution in [3.8, 4) is 5.75 Å². The number of methoxy groups -OCH3 is 1. The van der Waals surface area contributed by atoms with Crippen LogP contribution in [0.1, 0.15) is 24.5 Å². The van der Waals surface area contributed by atoms with Crippen LogP contribution >= 0.6 is 11.8 Å². The Bertz CT molecular complexity index is 768. The highest BCUT2D eigenvalue weighted by Crippen LogP contribution is 2.28. The lowest BCUT2D eigenvalue weighted by molar-refractivity contribution is -0.385. The van der Waals surface area contributed by atoms with Crippen molar-refractivity contribution in [3.63, 3.8) is 0 Å². The number of amides is 1. The molecule has 2 rings (SSSR count). The lowest BCUT2D eigenvalue weighted by Gasteiger charge is -2.14. The molecule has 0 fully saturated rings. The summed E-state index contributed by atoms with van der Waals surface area (Å²) >= 11 is 1.43. The Morgan fingerprint density at radius 2 is 1.96 bits per heavy atom. The Morgan fingerprint density at radius 3 is 2.63 bits per heavy atom. The van der Waals surface area contributed by atoms with Crippen LogP contribution < -0.4 is 10.1 Å². The summed E-state index contributed by atoms with van der Waals surface area (Å²) in [4.78, 5) is 22.7. The Kier molecular flexibility index (Phi) is 8.13. The van der Waals surface area contributed by atoms with Gasteiger partial charge in [-0.05, 0) is 37.0 Å². The summed E-state index contributed by atoms with van der Waals surface area (Å²) in [5, 5.41) is 14.1. The molecule has 1 N–H and O–H groups in total. The zero-order valence-corrected chi connectivity index (χ0v) is 16.3. The Balaban J connectivity index is 1.74. The van der Waals surface area contributed by atoms with Gasteiger partial charge in [0.1, 0.15) is 0 Å². The first kappa shape index (κ1) is 20.8. The van der Waals surface area contributed by atoms with Crippen molar-refractivity contribution < 1.29 is 14.5 Å². The van der Waals surface area contributed by atoms with Crippen molar-refractivity contribution in [2.75, 3.05) is 12.9 Å². The molecule has 0 saturated heterocycles. The number of hydrogen-bond donors (Lipinski definition) is 1. The van der Waals surface area contributed by atoms with Gasteiger partial charge in [0, 0.05) is 17.9 Å². The molecule has 1 unspecified atom stereocenters. The lowest BCUT2D eigenvalue weighted by Crippen LogP contribution is -2.34. The van der Waals surface area contributed by atoms with Gasteiger partial charge in [-0.2, -0.15) is 0 Å². The van der Waals surface area contributed by atoms with Gasteiger partial charge in [-0.3, -0.25) is 14.9 Å². The number of thioether (sulfide) groups is 1. The van der Waals surface area contributed by atoms with Gasteiger partial charge in [-0.25, -0.2) is 0 Å². The van der Waals surface area contributed by atoms with Crippen LogP contribution in [0.5, 0.6) is 5.75 Å². The van der Waals surface area contributed by atoms with Gasteiger partial charge < -0.3 is 10.1 Å². The highest BCUT2D eigenvalue weighted by molar-refractivity contribution is 7.99. The van der Waals surface area contributed by atoms with Crippen molar-refractivity contribution in [2.45, 2.75) is 31.6 Å². The predicted molar refractivity (Wildman–Crippen MR) is 108 cm³/mol. The molecule has 1 amide bonds. The molecule has 0 aliphatic heterocycles. The fourth-order valence-electron chi connectivity index (χ4n) is 2.65. The quantitative estimate of drug-likeness (QED) is 0.492. The highest BCUT2D eigenvalue weighted by Gasteiger charge is 2.15. The molecule has 0 spiro atoms. The summed E-state index contributed by atoms with van der Waals surface area (Å²) in [5.41, 5.74) is 1.99. The average Bonchev–Trinajstić information content (AvgIpc) is 2.67. The summed E-state index contributed by atoms with van der Waals surface area (Å²) in [6.07, 6.45) is 1.80. The normalized spacial score (nSPS) is 11.6. The third kappa shape index (κ3) is 6.94. The fourth-order valence-corrected chi connectivity index (χ4v) is 3.43. The lowest BCUT2D eigenvalue weighted by atomic mass is 10.1. The maximum atomic E-state index is 12.1. The molecule has 0 aromatic heterocycles. The van der Waals surface area contributed by atoms with E-state index in [2.05, 4.69) is 17.4 Å².